The van der Waals surface area contributed by atoms with Gasteiger partial charge in [-0.15, -0.1) is 11.3 Å². The van der Waals surface area contributed by atoms with Crippen LogP contribution in [0.2, 0.25) is 5.02 Å². The Balaban J connectivity index is 2.07. The van der Waals surface area contributed by atoms with Crippen molar-refractivity contribution >= 4 is 44.7 Å². The lowest BCUT2D eigenvalue weighted by atomic mass is 10.3. The van der Waals surface area contributed by atoms with Crippen molar-refractivity contribution < 1.29 is 0 Å². The summed E-state index contributed by atoms with van der Waals surface area (Å²) >= 11 is 7.63. The third-order valence-electron chi connectivity index (χ3n) is 2.72. The van der Waals surface area contributed by atoms with Crippen molar-refractivity contribution in [2.24, 2.45) is 10.8 Å². The van der Waals surface area contributed by atoms with Crippen LogP contribution >= 0.6 is 22.9 Å². The fourth-order valence-corrected chi connectivity index (χ4v) is 2.87. The normalized spacial score (nSPS) is 11.8. The predicted octanol–water partition coefficient (Wildman–Crippen LogP) is 3.49. The number of benzene rings is 2. The van der Waals surface area contributed by atoms with Crippen LogP contribution < -0.4 is 11.3 Å². The summed E-state index contributed by atoms with van der Waals surface area (Å²) < 4.78 is 1.09. The first-order valence-electron chi connectivity index (χ1n) is 5.94. The Labute approximate surface area is 124 Å². The second-order valence-corrected chi connectivity index (χ2v) is 5.48. The Morgan fingerprint density at radius 2 is 1.90 bits per heavy atom. The Morgan fingerprint density at radius 1 is 1.15 bits per heavy atom. The first kappa shape index (κ1) is 13.1. The second kappa shape index (κ2) is 5.58. The van der Waals surface area contributed by atoms with Gasteiger partial charge in [0.05, 0.1) is 20.9 Å². The van der Waals surface area contributed by atoms with Crippen molar-refractivity contribution in [2.75, 3.05) is 0 Å². The molecule has 0 bridgehead atoms. The molecule has 0 aliphatic heterocycles. The molecule has 100 valence electrons. The predicted molar refractivity (Wildman–Crippen MR) is 84.6 cm³/mol. The fraction of sp³-hybridized carbons (Fsp3) is 0. The van der Waals surface area contributed by atoms with E-state index in [0.717, 1.165) is 15.2 Å². The lowest BCUT2D eigenvalue weighted by Crippen LogP contribution is -2.30. The van der Waals surface area contributed by atoms with Gasteiger partial charge in [-0.3, -0.25) is 0 Å². The highest BCUT2D eigenvalue weighted by atomic mass is 35.5. The molecular weight excluding hydrogens is 292 g/mol. The van der Waals surface area contributed by atoms with E-state index < -0.39 is 0 Å². The van der Waals surface area contributed by atoms with E-state index in [4.69, 9.17) is 17.4 Å². The fourth-order valence-electron chi connectivity index (χ4n) is 1.78. The van der Waals surface area contributed by atoms with Gasteiger partial charge in [0.15, 0.2) is 10.8 Å². The van der Waals surface area contributed by atoms with E-state index in [0.29, 0.717) is 16.5 Å². The molecule has 3 rings (SSSR count). The molecule has 0 saturated heterocycles. The number of fused-ring (bicyclic) bond motifs is 1. The molecule has 0 atom stereocenters. The molecule has 0 aliphatic carbocycles. The van der Waals surface area contributed by atoms with Gasteiger partial charge < -0.3 is 5.43 Å². The first-order valence-corrected chi connectivity index (χ1v) is 7.13. The van der Waals surface area contributed by atoms with Gasteiger partial charge >= 0.3 is 0 Å². The van der Waals surface area contributed by atoms with Gasteiger partial charge in [-0.1, -0.05) is 35.9 Å². The van der Waals surface area contributed by atoms with Crippen molar-refractivity contribution in [2.45, 2.75) is 0 Å². The van der Waals surface area contributed by atoms with Gasteiger partial charge in [0.1, 0.15) is 0 Å². The Kier molecular flexibility index (Phi) is 3.64. The first-order chi connectivity index (χ1) is 9.78. The highest BCUT2D eigenvalue weighted by molar-refractivity contribution is 7.20. The zero-order valence-electron chi connectivity index (χ0n) is 10.4. The quantitative estimate of drug-likeness (QED) is 0.330. The van der Waals surface area contributed by atoms with Crippen molar-refractivity contribution in [3.63, 3.8) is 0 Å². The third-order valence-corrected chi connectivity index (χ3v) is 4.08. The number of rotatable bonds is 2. The summed E-state index contributed by atoms with van der Waals surface area (Å²) in [5, 5.41) is 1.30. The van der Waals surface area contributed by atoms with E-state index in [1.165, 1.54) is 11.3 Å². The number of halogens is 1. The molecule has 6 heteroatoms. The van der Waals surface area contributed by atoms with Crippen LogP contribution in [0.5, 0.6) is 0 Å². The number of nitrogens with zero attached hydrogens (tertiary/aromatic N) is 2. The molecule has 2 aromatic carbocycles. The maximum atomic E-state index is 6.10. The smallest absolute Gasteiger partial charge is 0.177 e. The molecule has 4 nitrogen and oxygen atoms in total. The molecule has 3 aromatic rings. The summed E-state index contributed by atoms with van der Waals surface area (Å²) in [7, 11) is 0. The summed E-state index contributed by atoms with van der Waals surface area (Å²) in [6.07, 6.45) is 0. The van der Waals surface area contributed by atoms with Crippen LogP contribution in [0.1, 0.15) is 5.01 Å². The van der Waals surface area contributed by atoms with Crippen molar-refractivity contribution in [1.82, 2.24) is 10.4 Å². The second-order valence-electron chi connectivity index (χ2n) is 4.04. The van der Waals surface area contributed by atoms with Gasteiger partial charge in [0, 0.05) is 0 Å². The molecule has 1 heterocycles. The molecule has 0 fully saturated rings. The Bertz CT molecular complexity index is 748. The van der Waals surface area contributed by atoms with E-state index in [1.54, 1.807) is 6.07 Å². The maximum absolute atomic E-state index is 6.10. The van der Waals surface area contributed by atoms with Crippen LogP contribution in [0.4, 0.5) is 5.69 Å². The number of aromatic nitrogens is 1. The van der Waals surface area contributed by atoms with Gasteiger partial charge in [-0.25, -0.2) is 15.8 Å². The lowest BCUT2D eigenvalue weighted by molar-refractivity contribution is 1.02. The minimum atomic E-state index is 0.499. The Hall–Kier alpha value is -1.95. The number of hydrogen-bond donors (Lipinski definition) is 2. The molecule has 0 amide bonds. The number of hydrazine groups is 1. The number of nitrogens with two attached hydrogens (primary N) is 1. The highest BCUT2D eigenvalue weighted by Gasteiger charge is 2.10. The number of nitrogens with one attached hydrogen (secondary N) is 1. The molecule has 0 saturated carbocycles. The molecule has 0 aliphatic rings. The maximum Gasteiger partial charge on any atom is 0.177 e. The van der Waals surface area contributed by atoms with Crippen molar-refractivity contribution in [3.8, 4) is 0 Å². The zero-order valence-corrected chi connectivity index (χ0v) is 11.9. The average Bonchev–Trinajstić information content (AvgIpc) is 2.90. The minimum Gasteiger partial charge on any atom is -0.306 e. The van der Waals surface area contributed by atoms with Crippen LogP contribution in [0.25, 0.3) is 10.2 Å². The molecular formula is C14H11ClN4S. The van der Waals surface area contributed by atoms with Crippen LogP contribution in [-0.4, -0.2) is 10.8 Å². The monoisotopic (exact) mass is 302 g/mol. The third kappa shape index (κ3) is 2.51. The SMILES string of the molecule is NNC(=Nc1ccccc1Cl)c1nc2ccccc2s1. The summed E-state index contributed by atoms with van der Waals surface area (Å²) in [4.78, 5) is 8.95. The molecule has 0 radical (unpaired) electrons. The van der Waals surface area contributed by atoms with E-state index >= 15 is 0 Å². The lowest BCUT2D eigenvalue weighted by Gasteiger charge is -2.03. The van der Waals surface area contributed by atoms with Crippen molar-refractivity contribution in [1.29, 1.82) is 0 Å². The number of aliphatic imine (C=N–C) groups is 1. The van der Waals surface area contributed by atoms with E-state index in [1.807, 2.05) is 42.5 Å². The van der Waals surface area contributed by atoms with Gasteiger partial charge in [0.25, 0.3) is 0 Å². The number of thiazole rings is 1. The van der Waals surface area contributed by atoms with Crippen molar-refractivity contribution in [3.05, 3.63) is 58.6 Å². The Morgan fingerprint density at radius 3 is 2.65 bits per heavy atom. The number of amidine groups is 1. The van der Waals surface area contributed by atoms with Crippen LogP contribution in [0.15, 0.2) is 53.5 Å². The molecule has 0 unspecified atom stereocenters. The summed E-state index contributed by atoms with van der Waals surface area (Å²) in [6.45, 7) is 0. The average molecular weight is 303 g/mol. The van der Waals surface area contributed by atoms with Crippen LogP contribution in [-0.2, 0) is 0 Å². The van der Waals surface area contributed by atoms with E-state index in [-0.39, 0.29) is 0 Å². The van der Waals surface area contributed by atoms with E-state index in [9.17, 15) is 0 Å². The molecule has 3 N–H and O–H groups in total. The zero-order chi connectivity index (χ0) is 13.9. The molecule has 20 heavy (non-hydrogen) atoms. The minimum absolute atomic E-state index is 0.499. The molecule has 0 spiro atoms. The van der Waals surface area contributed by atoms with Gasteiger partial charge in [-0.05, 0) is 24.3 Å². The van der Waals surface area contributed by atoms with Gasteiger partial charge in [0.2, 0.25) is 0 Å². The topological polar surface area (TPSA) is 63.3 Å². The highest BCUT2D eigenvalue weighted by Crippen LogP contribution is 2.26. The summed E-state index contributed by atoms with van der Waals surface area (Å²) in [5.41, 5.74) is 4.17. The van der Waals surface area contributed by atoms with Gasteiger partial charge in [-0.2, -0.15) is 0 Å². The molecule has 1 aromatic heterocycles. The summed E-state index contributed by atoms with van der Waals surface area (Å²) in [5.74, 6) is 6.07. The standard InChI is InChI=1S/C14H11ClN4S/c15-9-5-1-2-6-10(9)17-13(19-16)14-18-11-7-3-4-8-12(11)20-14/h1-8H,16H2,(H,17,19). The summed E-state index contributed by atoms with van der Waals surface area (Å²) in [6, 6.07) is 15.2. The number of para-hydroxylation sites is 2. The van der Waals surface area contributed by atoms with Crippen LogP contribution in [0, 0.1) is 0 Å². The number of hydrogen-bond acceptors (Lipinski definition) is 4. The van der Waals surface area contributed by atoms with Crippen LogP contribution in [0.3, 0.4) is 0 Å². The largest absolute Gasteiger partial charge is 0.306 e. The van der Waals surface area contributed by atoms with E-state index in [2.05, 4.69) is 15.4 Å².